The lowest BCUT2D eigenvalue weighted by molar-refractivity contribution is -0.184. The van der Waals surface area contributed by atoms with Gasteiger partial charge in [-0.1, -0.05) is 31.6 Å². The maximum atomic E-state index is 16.0. The van der Waals surface area contributed by atoms with E-state index in [4.69, 9.17) is 4.74 Å². The number of halogens is 1. The van der Waals surface area contributed by atoms with Gasteiger partial charge in [-0.15, -0.1) is 0 Å². The van der Waals surface area contributed by atoms with Crippen molar-refractivity contribution in [1.29, 1.82) is 0 Å². The molecule has 1 spiro atoms. The van der Waals surface area contributed by atoms with Gasteiger partial charge < -0.3 is 4.74 Å². The van der Waals surface area contributed by atoms with E-state index in [0.29, 0.717) is 36.5 Å². The predicted molar refractivity (Wildman–Crippen MR) is 102 cm³/mol. The molecule has 27 heavy (non-hydrogen) atoms. The van der Waals surface area contributed by atoms with Crippen LogP contribution in [-0.2, 0) is 9.53 Å². The molecule has 6 rings (SSSR count). The maximum Gasteiger partial charge on any atom is 0.306 e. The molecule has 146 valence electrons. The predicted octanol–water partition coefficient (Wildman–Crippen LogP) is 5.39. The van der Waals surface area contributed by atoms with Crippen LogP contribution in [0.1, 0.15) is 65.7 Å². The van der Waals surface area contributed by atoms with Crippen LogP contribution in [0, 0.1) is 40.4 Å². The third-order valence-corrected chi connectivity index (χ3v) is 9.98. The van der Waals surface area contributed by atoms with Crippen molar-refractivity contribution in [2.45, 2.75) is 77.5 Å². The molecule has 0 aromatic heterocycles. The van der Waals surface area contributed by atoms with Crippen molar-refractivity contribution < 1.29 is 13.9 Å². The highest BCUT2D eigenvalue weighted by molar-refractivity contribution is 5.73. The van der Waals surface area contributed by atoms with Gasteiger partial charge >= 0.3 is 5.97 Å². The summed E-state index contributed by atoms with van der Waals surface area (Å²) >= 11 is 0. The van der Waals surface area contributed by atoms with E-state index < -0.39 is 6.17 Å². The second kappa shape index (κ2) is 4.89. The zero-order valence-corrected chi connectivity index (χ0v) is 16.8. The van der Waals surface area contributed by atoms with Gasteiger partial charge in [0, 0.05) is 23.7 Å². The zero-order valence-electron chi connectivity index (χ0n) is 16.8. The highest BCUT2D eigenvalue weighted by Crippen LogP contribution is 2.79. The van der Waals surface area contributed by atoms with E-state index in [-0.39, 0.29) is 28.3 Å². The van der Waals surface area contributed by atoms with Crippen molar-refractivity contribution in [3.05, 3.63) is 23.3 Å². The topological polar surface area (TPSA) is 26.3 Å². The standard InChI is InChI=1S/C24H31FO2/c1-13-6-8-22(2)14(10-13)4-5-15-20-16-11-17(16)24(9-7-19(26)27-24)23(20,3)12-18(25)21(15)22/h4,10,15-18,20-21H,5-9,11-12H2,1-3H3/t15?,16-,17+,18+,20?,21?,22+,23+,24+/m1/s1. The van der Waals surface area contributed by atoms with Crippen LogP contribution in [0.5, 0.6) is 0 Å². The first-order valence-corrected chi connectivity index (χ1v) is 11.0. The van der Waals surface area contributed by atoms with E-state index in [1.54, 1.807) is 0 Å². The fraction of sp³-hybridized carbons (Fsp3) is 0.792. The molecular weight excluding hydrogens is 339 g/mol. The van der Waals surface area contributed by atoms with E-state index >= 15 is 4.39 Å². The Labute approximate surface area is 161 Å². The van der Waals surface area contributed by atoms with Crippen LogP contribution >= 0.6 is 0 Å². The molecule has 0 N–H and O–H groups in total. The Balaban J connectivity index is 1.45. The Morgan fingerprint density at radius 1 is 1.15 bits per heavy atom. The van der Waals surface area contributed by atoms with Crippen LogP contribution in [0.15, 0.2) is 23.3 Å². The van der Waals surface area contributed by atoms with Gasteiger partial charge in [0.05, 0.1) is 0 Å². The summed E-state index contributed by atoms with van der Waals surface area (Å²) in [5, 5.41) is 0. The first kappa shape index (κ1) is 16.8. The number of hydrogen-bond acceptors (Lipinski definition) is 2. The first-order chi connectivity index (χ1) is 12.8. The minimum absolute atomic E-state index is 0.0182. The number of ether oxygens (including phenoxy) is 1. The zero-order chi connectivity index (χ0) is 18.8. The molecule has 0 aromatic rings. The molecule has 4 fully saturated rings. The van der Waals surface area contributed by atoms with E-state index in [1.807, 2.05) is 0 Å². The van der Waals surface area contributed by atoms with E-state index in [2.05, 4.69) is 32.9 Å². The number of carbonyl (C=O) groups is 1. The van der Waals surface area contributed by atoms with Crippen molar-refractivity contribution in [2.24, 2.45) is 40.4 Å². The van der Waals surface area contributed by atoms with Gasteiger partial charge in [-0.25, -0.2) is 4.39 Å². The molecule has 0 radical (unpaired) electrons. The van der Waals surface area contributed by atoms with Gasteiger partial charge in [-0.05, 0) is 74.2 Å². The SMILES string of the molecule is CC1=CC2=CCC3C([C@@H](F)C[C@@]4(C)C3[C@@H]3C[C@@H]3[C@@]43CCC(=O)O3)[C@@]2(C)CC1. The number of allylic oxidation sites excluding steroid dienone is 4. The quantitative estimate of drug-likeness (QED) is 0.535. The third-order valence-electron chi connectivity index (χ3n) is 9.98. The van der Waals surface area contributed by atoms with Crippen LogP contribution in [0.25, 0.3) is 0 Å². The van der Waals surface area contributed by atoms with Gasteiger partial charge in [0.1, 0.15) is 11.8 Å². The second-order valence-electron chi connectivity index (χ2n) is 11.0. The Hall–Kier alpha value is -1.12. The fourth-order valence-electron chi connectivity index (χ4n) is 8.89. The van der Waals surface area contributed by atoms with Gasteiger partial charge in [0.25, 0.3) is 0 Å². The molecule has 6 aliphatic rings. The van der Waals surface area contributed by atoms with Gasteiger partial charge in [-0.3, -0.25) is 4.79 Å². The minimum Gasteiger partial charge on any atom is -0.458 e. The monoisotopic (exact) mass is 370 g/mol. The Morgan fingerprint density at radius 3 is 2.70 bits per heavy atom. The largest absolute Gasteiger partial charge is 0.458 e. The molecule has 1 aliphatic heterocycles. The van der Waals surface area contributed by atoms with Crippen molar-refractivity contribution in [2.75, 3.05) is 0 Å². The van der Waals surface area contributed by atoms with Crippen molar-refractivity contribution in [3.63, 3.8) is 0 Å². The Bertz CT molecular complexity index is 798. The van der Waals surface area contributed by atoms with Gasteiger partial charge in [-0.2, -0.15) is 0 Å². The summed E-state index contributed by atoms with van der Waals surface area (Å²) in [7, 11) is 0. The molecule has 1 saturated heterocycles. The second-order valence-corrected chi connectivity index (χ2v) is 11.0. The molecule has 9 atom stereocenters. The summed E-state index contributed by atoms with van der Waals surface area (Å²) in [5.74, 6) is 2.16. The lowest BCUT2D eigenvalue weighted by atomic mass is 9.45. The molecule has 0 amide bonds. The molecule has 3 saturated carbocycles. The van der Waals surface area contributed by atoms with Crippen LogP contribution in [-0.4, -0.2) is 17.7 Å². The molecule has 5 aliphatic carbocycles. The Morgan fingerprint density at radius 2 is 1.96 bits per heavy atom. The van der Waals surface area contributed by atoms with Crippen molar-refractivity contribution >= 4 is 5.97 Å². The van der Waals surface area contributed by atoms with Gasteiger partial charge in [0.15, 0.2) is 0 Å². The molecule has 0 aromatic carbocycles. The summed E-state index contributed by atoms with van der Waals surface area (Å²) < 4.78 is 22.1. The average Bonchev–Trinajstić information content (AvgIpc) is 3.24. The van der Waals surface area contributed by atoms with E-state index in [0.717, 1.165) is 25.7 Å². The van der Waals surface area contributed by atoms with Crippen molar-refractivity contribution in [1.82, 2.24) is 0 Å². The van der Waals surface area contributed by atoms with Crippen LogP contribution < -0.4 is 0 Å². The normalized spacial score (nSPS) is 57.9. The molecule has 3 unspecified atom stereocenters. The number of carbonyl (C=O) groups excluding carboxylic acids is 1. The summed E-state index contributed by atoms with van der Waals surface area (Å²) in [4.78, 5) is 12.1. The number of hydrogen-bond donors (Lipinski definition) is 0. The highest BCUT2D eigenvalue weighted by Gasteiger charge is 2.80. The third kappa shape index (κ3) is 1.81. The molecular formula is C24H31FO2. The van der Waals surface area contributed by atoms with Gasteiger partial charge in [0.2, 0.25) is 0 Å². The smallest absolute Gasteiger partial charge is 0.306 e. The molecule has 2 nitrogen and oxygen atoms in total. The van der Waals surface area contributed by atoms with Crippen LogP contribution in [0.2, 0.25) is 0 Å². The molecule has 3 heteroatoms. The minimum atomic E-state index is -0.787. The van der Waals surface area contributed by atoms with Crippen molar-refractivity contribution in [3.8, 4) is 0 Å². The number of fused-ring (bicyclic) bond motifs is 9. The lowest BCUT2D eigenvalue weighted by Crippen LogP contribution is -2.59. The highest BCUT2D eigenvalue weighted by atomic mass is 19.1. The first-order valence-electron chi connectivity index (χ1n) is 11.0. The fourth-order valence-corrected chi connectivity index (χ4v) is 8.89. The van der Waals surface area contributed by atoms with Crippen LogP contribution in [0.3, 0.4) is 0 Å². The number of esters is 1. The summed E-state index contributed by atoms with van der Waals surface area (Å²) in [5.41, 5.74) is 2.28. The van der Waals surface area contributed by atoms with E-state index in [9.17, 15) is 4.79 Å². The van der Waals surface area contributed by atoms with Crippen LogP contribution in [0.4, 0.5) is 4.39 Å². The number of alkyl halides is 1. The average molecular weight is 371 g/mol. The summed E-state index contributed by atoms with van der Waals surface area (Å²) in [6.45, 7) is 6.82. The maximum absolute atomic E-state index is 16.0. The lowest BCUT2D eigenvalue weighted by Gasteiger charge is -2.60. The number of rotatable bonds is 0. The van der Waals surface area contributed by atoms with E-state index in [1.165, 1.54) is 17.6 Å². The molecule has 0 bridgehead atoms. The Kier molecular flexibility index (Phi) is 3.04. The summed E-state index contributed by atoms with van der Waals surface area (Å²) in [6.07, 6.45) is 10.3. The summed E-state index contributed by atoms with van der Waals surface area (Å²) in [6, 6.07) is 0. The molecule has 1 heterocycles.